The second-order valence-corrected chi connectivity index (χ2v) is 12.4. The number of aryl methyl sites for hydroxylation is 1. The number of amides is 1. The third kappa shape index (κ3) is 8.49. The molecule has 0 heterocycles. The molecule has 0 fully saturated rings. The molecule has 1 amide bonds. The van der Waals surface area contributed by atoms with Crippen LogP contribution in [0.1, 0.15) is 33.3 Å². The lowest BCUT2D eigenvalue weighted by atomic mass is 10.2. The molecule has 0 aliphatic heterocycles. The van der Waals surface area contributed by atoms with Gasteiger partial charge in [0.1, 0.15) is 5.60 Å². The van der Waals surface area contributed by atoms with E-state index < -0.39 is 17.4 Å². The Hall–Kier alpha value is -0.590. The Labute approximate surface area is 153 Å². The van der Waals surface area contributed by atoms with Gasteiger partial charge in [-0.3, -0.25) is 0 Å². The lowest BCUT2D eigenvalue weighted by Crippen LogP contribution is -2.35. The number of carbonyl (C=O) groups is 1. The van der Waals surface area contributed by atoms with Crippen molar-refractivity contribution in [1.82, 2.24) is 4.90 Å². The van der Waals surface area contributed by atoms with Gasteiger partial charge in [0.05, 0.1) is 6.61 Å². The van der Waals surface area contributed by atoms with Gasteiger partial charge in [-0.25, -0.2) is 4.79 Å². The van der Waals surface area contributed by atoms with Crippen molar-refractivity contribution in [3.8, 4) is 0 Å². The minimum absolute atomic E-state index is 0.157. The fourth-order valence-corrected chi connectivity index (χ4v) is 5.20. The second kappa shape index (κ2) is 9.20. The maximum Gasteiger partial charge on any atom is 0.410 e. The predicted molar refractivity (Wildman–Crippen MR) is 103 cm³/mol. The molecule has 0 bridgehead atoms. The molecule has 1 rings (SSSR count). The Morgan fingerprint density at radius 3 is 2.67 bits per heavy atom. The number of likely N-dealkylation sites (N-methyl/N-ethyl adjacent to an activating group) is 1. The molecular formula is C16H26NO4PS2. The summed E-state index contributed by atoms with van der Waals surface area (Å²) in [6, 6.07) is 7.86. The zero-order valence-electron chi connectivity index (χ0n) is 14.8. The molecule has 0 saturated carbocycles. The van der Waals surface area contributed by atoms with Crippen LogP contribution >= 0.6 is 17.1 Å². The summed E-state index contributed by atoms with van der Waals surface area (Å²) in [5.41, 5.74) is -2.36. The van der Waals surface area contributed by atoms with Crippen LogP contribution in [-0.2, 0) is 27.5 Å². The smallest absolute Gasteiger partial charge is 0.410 e. The summed E-state index contributed by atoms with van der Waals surface area (Å²) in [7, 11) is 1.62. The van der Waals surface area contributed by atoms with Gasteiger partial charge in [-0.15, -0.1) is 0 Å². The summed E-state index contributed by atoms with van der Waals surface area (Å²) < 4.78 is 10.7. The average molecular weight is 391 g/mol. The van der Waals surface area contributed by atoms with Crippen LogP contribution in [0.3, 0.4) is 0 Å². The Morgan fingerprint density at radius 2 is 2.08 bits per heavy atom. The molecule has 8 heteroatoms. The highest BCUT2D eigenvalue weighted by Crippen LogP contribution is 2.59. The van der Waals surface area contributed by atoms with Crippen LogP contribution in [0.5, 0.6) is 0 Å². The molecule has 0 aliphatic rings. The van der Waals surface area contributed by atoms with E-state index in [2.05, 4.69) is 6.92 Å². The van der Waals surface area contributed by atoms with Crippen molar-refractivity contribution in [2.45, 2.75) is 44.6 Å². The van der Waals surface area contributed by atoms with Gasteiger partial charge < -0.3 is 19.1 Å². The molecule has 0 saturated heterocycles. The molecule has 1 aromatic carbocycles. The number of rotatable bonds is 7. The predicted octanol–water partition coefficient (Wildman–Crippen LogP) is 4.44. The van der Waals surface area contributed by atoms with Gasteiger partial charge >= 0.3 is 6.09 Å². The highest BCUT2D eigenvalue weighted by atomic mass is 32.9. The first-order valence-electron chi connectivity index (χ1n) is 7.72. The summed E-state index contributed by atoms with van der Waals surface area (Å²) in [5, 5.41) is 0. The van der Waals surface area contributed by atoms with E-state index in [0.717, 1.165) is 11.3 Å². The Kier molecular flexibility index (Phi) is 8.23. The van der Waals surface area contributed by atoms with E-state index in [9.17, 15) is 9.69 Å². The van der Waals surface area contributed by atoms with Crippen LogP contribution in [0.4, 0.5) is 4.79 Å². The van der Waals surface area contributed by atoms with Crippen molar-refractivity contribution in [3.63, 3.8) is 0 Å². The molecule has 1 atom stereocenters. The largest absolute Gasteiger partial charge is 0.444 e. The van der Waals surface area contributed by atoms with Gasteiger partial charge in [0.15, 0.2) is 0 Å². The fraction of sp³-hybridized carbons (Fsp3) is 0.562. The van der Waals surface area contributed by atoms with Crippen molar-refractivity contribution in [3.05, 3.63) is 29.8 Å². The van der Waals surface area contributed by atoms with Crippen molar-refractivity contribution < 1.29 is 18.9 Å². The SMILES string of the molecule is CCc1cccc(SP(O)(=S)OCCN(C)C(=O)OC(C)(C)C)c1. The average Bonchev–Trinajstić information content (AvgIpc) is 2.44. The van der Waals surface area contributed by atoms with Crippen molar-refractivity contribution in [1.29, 1.82) is 0 Å². The van der Waals surface area contributed by atoms with Crippen LogP contribution in [0, 0.1) is 0 Å². The van der Waals surface area contributed by atoms with E-state index in [1.54, 1.807) is 7.05 Å². The fourth-order valence-electron chi connectivity index (χ4n) is 1.71. The minimum atomic E-state index is -3.00. The summed E-state index contributed by atoms with van der Waals surface area (Å²) in [5.74, 6) is 0. The molecule has 0 aromatic heterocycles. The number of hydrogen-bond acceptors (Lipinski definition) is 5. The summed E-state index contributed by atoms with van der Waals surface area (Å²) >= 11 is 6.35. The van der Waals surface area contributed by atoms with Crippen LogP contribution in [-0.4, -0.2) is 41.7 Å². The molecule has 24 heavy (non-hydrogen) atoms. The zero-order valence-corrected chi connectivity index (χ0v) is 17.3. The number of ether oxygens (including phenoxy) is 1. The summed E-state index contributed by atoms with van der Waals surface area (Å²) in [6.45, 7) is 7.95. The molecule has 1 unspecified atom stereocenters. The van der Waals surface area contributed by atoms with E-state index in [0.29, 0.717) is 6.54 Å². The molecule has 1 aromatic rings. The van der Waals surface area contributed by atoms with Gasteiger partial charge in [-0.05, 0) is 68.1 Å². The molecule has 136 valence electrons. The molecule has 0 aliphatic carbocycles. The quantitative estimate of drug-likeness (QED) is 0.694. The summed E-state index contributed by atoms with van der Waals surface area (Å²) in [4.78, 5) is 24.4. The highest BCUT2D eigenvalue weighted by molar-refractivity contribution is 8.67. The number of nitrogens with zero attached hydrogens (tertiary/aromatic N) is 1. The highest BCUT2D eigenvalue weighted by Gasteiger charge is 2.21. The van der Waals surface area contributed by atoms with Gasteiger partial charge in [-0.1, -0.05) is 19.1 Å². The van der Waals surface area contributed by atoms with Crippen molar-refractivity contribution in [2.75, 3.05) is 20.2 Å². The molecule has 0 spiro atoms. The van der Waals surface area contributed by atoms with Crippen LogP contribution in [0.25, 0.3) is 0 Å². The van der Waals surface area contributed by atoms with Gasteiger partial charge in [-0.2, -0.15) is 0 Å². The third-order valence-corrected chi connectivity index (χ3v) is 6.75. The van der Waals surface area contributed by atoms with Crippen molar-refractivity contribution in [2.24, 2.45) is 0 Å². The van der Waals surface area contributed by atoms with E-state index >= 15 is 0 Å². The topological polar surface area (TPSA) is 59.0 Å². The zero-order chi connectivity index (χ0) is 18.4. The maximum atomic E-state index is 11.8. The second-order valence-electron chi connectivity index (χ2n) is 6.30. The molecule has 5 nitrogen and oxygen atoms in total. The minimum Gasteiger partial charge on any atom is -0.444 e. The van der Waals surface area contributed by atoms with Gasteiger partial charge in [0, 0.05) is 18.5 Å². The van der Waals surface area contributed by atoms with Gasteiger partial charge in [0.2, 0.25) is 5.69 Å². The van der Waals surface area contributed by atoms with E-state index in [4.69, 9.17) is 21.1 Å². The lowest BCUT2D eigenvalue weighted by Gasteiger charge is -2.25. The van der Waals surface area contributed by atoms with Crippen molar-refractivity contribution >= 4 is 35.0 Å². The monoisotopic (exact) mass is 391 g/mol. The standard InChI is InChI=1S/C16H26NO4PS2/c1-6-13-8-7-9-14(12-13)24-22(19,23)20-11-10-17(5)15(18)21-16(2,3)4/h7-9,12H,6,10-11H2,1-5H3,(H,19,23). The number of hydrogen-bond donors (Lipinski definition) is 1. The lowest BCUT2D eigenvalue weighted by molar-refractivity contribution is 0.0279. The first kappa shape index (κ1) is 21.5. The Morgan fingerprint density at radius 1 is 1.42 bits per heavy atom. The third-order valence-electron chi connectivity index (χ3n) is 2.91. The molecular weight excluding hydrogens is 365 g/mol. The molecule has 1 N–H and O–H groups in total. The van der Waals surface area contributed by atoms with Gasteiger partial charge in [0.25, 0.3) is 0 Å². The first-order valence-corrected chi connectivity index (χ1v) is 11.8. The van der Waals surface area contributed by atoms with Crippen LogP contribution in [0.2, 0.25) is 0 Å². The number of carbonyl (C=O) groups excluding carboxylic acids is 1. The van der Waals surface area contributed by atoms with E-state index in [1.165, 1.54) is 21.8 Å². The summed E-state index contributed by atoms with van der Waals surface area (Å²) in [6.07, 6.45) is 0.491. The van der Waals surface area contributed by atoms with E-state index in [1.807, 2.05) is 45.0 Å². The number of benzene rings is 1. The Bertz CT molecular complexity index is 604. The normalized spacial score (nSPS) is 14.1. The first-order chi connectivity index (χ1) is 11.0. The van der Waals surface area contributed by atoms with Crippen LogP contribution < -0.4 is 0 Å². The van der Waals surface area contributed by atoms with E-state index in [-0.39, 0.29) is 6.61 Å². The maximum absolute atomic E-state index is 11.8. The molecule has 0 radical (unpaired) electrons. The Balaban J connectivity index is 2.47. The van der Waals surface area contributed by atoms with Crippen LogP contribution in [0.15, 0.2) is 29.2 Å².